The molecule has 0 aliphatic rings. The number of nitrogen functional groups attached to an aromatic ring is 1. The molecule has 3 N–H and O–H groups in total. The first-order valence-electron chi connectivity index (χ1n) is 10.2. The van der Waals surface area contributed by atoms with Gasteiger partial charge in [0.1, 0.15) is 5.75 Å². The summed E-state index contributed by atoms with van der Waals surface area (Å²) in [6.07, 6.45) is 1.92. The number of hydrogen-bond acceptors (Lipinski definition) is 9. The highest BCUT2D eigenvalue weighted by atomic mass is 16.5. The summed E-state index contributed by atoms with van der Waals surface area (Å²) in [6, 6.07) is 8.02. The Bertz CT molecular complexity index is 1040. The topological polar surface area (TPSA) is 126 Å². The summed E-state index contributed by atoms with van der Waals surface area (Å²) in [6.45, 7) is 5.77. The maximum Gasteiger partial charge on any atom is 0.320 e. The molecule has 0 atom stereocenters. The van der Waals surface area contributed by atoms with Crippen molar-refractivity contribution < 1.29 is 19.0 Å². The predicted octanol–water partition coefficient (Wildman–Crippen LogP) is 2.31. The van der Waals surface area contributed by atoms with Crippen molar-refractivity contribution in [3.05, 3.63) is 29.8 Å². The number of esters is 1. The van der Waals surface area contributed by atoms with Gasteiger partial charge in [0.2, 0.25) is 0 Å². The van der Waals surface area contributed by atoms with Crippen LogP contribution in [0.3, 0.4) is 0 Å². The molecule has 0 amide bonds. The summed E-state index contributed by atoms with van der Waals surface area (Å²) in [5.41, 5.74) is 8.11. The number of unbranched alkanes of at least 4 members (excludes halogenated alkanes) is 1. The third-order valence-electron chi connectivity index (χ3n) is 4.48. The van der Waals surface area contributed by atoms with Gasteiger partial charge in [-0.1, -0.05) is 25.5 Å². The SMILES string of the molecule is CCCCOc1nc(N)c2nc(OC)n(CCNCc3cccc(OC(C)=O)c3)c2n1. The van der Waals surface area contributed by atoms with Crippen LogP contribution in [0.1, 0.15) is 32.3 Å². The average Bonchev–Trinajstić information content (AvgIpc) is 3.09. The molecule has 1 aromatic carbocycles. The summed E-state index contributed by atoms with van der Waals surface area (Å²) in [5, 5.41) is 3.36. The van der Waals surface area contributed by atoms with Gasteiger partial charge >= 0.3 is 12.0 Å². The summed E-state index contributed by atoms with van der Waals surface area (Å²) >= 11 is 0. The molecular weight excluding hydrogens is 400 g/mol. The molecule has 0 aliphatic heterocycles. The van der Waals surface area contributed by atoms with Gasteiger partial charge in [0, 0.05) is 26.6 Å². The molecule has 0 spiro atoms. The summed E-state index contributed by atoms with van der Waals surface area (Å²) in [7, 11) is 1.55. The predicted molar refractivity (Wildman–Crippen MR) is 116 cm³/mol. The molecule has 0 radical (unpaired) electrons. The Morgan fingerprint density at radius 1 is 1.26 bits per heavy atom. The molecular formula is C21H28N6O4. The van der Waals surface area contributed by atoms with E-state index < -0.39 is 0 Å². The van der Waals surface area contributed by atoms with E-state index in [0.29, 0.717) is 49.2 Å². The van der Waals surface area contributed by atoms with Crippen LogP contribution in [-0.4, -0.2) is 45.7 Å². The number of carbonyl (C=O) groups excluding carboxylic acids is 1. The molecule has 3 rings (SSSR count). The van der Waals surface area contributed by atoms with Crippen LogP contribution in [0, 0.1) is 0 Å². The monoisotopic (exact) mass is 428 g/mol. The molecule has 0 aliphatic carbocycles. The first-order valence-corrected chi connectivity index (χ1v) is 10.2. The van der Waals surface area contributed by atoms with Crippen LogP contribution in [0.15, 0.2) is 24.3 Å². The number of nitrogens with two attached hydrogens (primary N) is 1. The third-order valence-corrected chi connectivity index (χ3v) is 4.48. The van der Waals surface area contributed by atoms with Crippen LogP contribution >= 0.6 is 0 Å². The van der Waals surface area contributed by atoms with E-state index in [-0.39, 0.29) is 17.8 Å². The van der Waals surface area contributed by atoms with Crippen molar-refractivity contribution in [2.75, 3.05) is 26.0 Å². The highest BCUT2D eigenvalue weighted by molar-refractivity contribution is 5.83. The minimum absolute atomic E-state index is 0.234. The molecule has 10 heteroatoms. The largest absolute Gasteiger partial charge is 0.468 e. The van der Waals surface area contributed by atoms with Gasteiger partial charge < -0.3 is 25.3 Å². The number of rotatable bonds is 11. The molecule has 0 fully saturated rings. The smallest absolute Gasteiger partial charge is 0.320 e. The quantitative estimate of drug-likeness (QED) is 0.269. The molecule has 0 unspecified atom stereocenters. The average molecular weight is 428 g/mol. The lowest BCUT2D eigenvalue weighted by atomic mass is 10.2. The van der Waals surface area contributed by atoms with Gasteiger partial charge in [-0.05, 0) is 24.1 Å². The molecule has 166 valence electrons. The van der Waals surface area contributed by atoms with Crippen LogP contribution < -0.4 is 25.3 Å². The number of benzene rings is 1. The van der Waals surface area contributed by atoms with Gasteiger partial charge in [0.05, 0.1) is 13.7 Å². The second-order valence-corrected chi connectivity index (χ2v) is 6.93. The lowest BCUT2D eigenvalue weighted by molar-refractivity contribution is -0.131. The van der Waals surface area contributed by atoms with Crippen molar-refractivity contribution in [3.63, 3.8) is 0 Å². The van der Waals surface area contributed by atoms with Gasteiger partial charge in [0.15, 0.2) is 17.0 Å². The second kappa shape index (κ2) is 10.6. The maximum atomic E-state index is 11.1. The highest BCUT2D eigenvalue weighted by Crippen LogP contribution is 2.25. The van der Waals surface area contributed by atoms with Crippen molar-refractivity contribution >= 4 is 23.0 Å². The molecule has 0 bridgehead atoms. The molecule has 3 aromatic rings. The molecule has 2 aromatic heterocycles. The van der Waals surface area contributed by atoms with E-state index in [1.807, 2.05) is 22.8 Å². The first kappa shape index (κ1) is 22.3. The Morgan fingerprint density at radius 3 is 2.84 bits per heavy atom. The number of anilines is 1. The van der Waals surface area contributed by atoms with Gasteiger partial charge in [0.25, 0.3) is 6.01 Å². The normalized spacial score (nSPS) is 10.9. The Hall–Kier alpha value is -3.40. The van der Waals surface area contributed by atoms with Crippen LogP contribution in [-0.2, 0) is 17.9 Å². The zero-order chi connectivity index (χ0) is 22.2. The van der Waals surface area contributed by atoms with E-state index in [9.17, 15) is 4.79 Å². The fraction of sp³-hybridized carbons (Fsp3) is 0.429. The van der Waals surface area contributed by atoms with E-state index in [4.69, 9.17) is 19.9 Å². The van der Waals surface area contributed by atoms with Crippen molar-refractivity contribution in [1.29, 1.82) is 0 Å². The van der Waals surface area contributed by atoms with Crippen molar-refractivity contribution in [2.45, 2.75) is 39.8 Å². The number of methoxy groups -OCH3 is 1. The van der Waals surface area contributed by atoms with Gasteiger partial charge in [-0.15, -0.1) is 0 Å². The van der Waals surface area contributed by atoms with Crippen LogP contribution in [0.25, 0.3) is 11.2 Å². The van der Waals surface area contributed by atoms with Gasteiger partial charge in [-0.25, -0.2) is 0 Å². The lowest BCUT2D eigenvalue weighted by Gasteiger charge is -2.10. The molecule has 0 saturated heterocycles. The zero-order valence-electron chi connectivity index (χ0n) is 18.1. The van der Waals surface area contributed by atoms with Gasteiger partial charge in [-0.3, -0.25) is 9.36 Å². The number of aromatic nitrogens is 4. The van der Waals surface area contributed by atoms with E-state index >= 15 is 0 Å². The fourth-order valence-corrected chi connectivity index (χ4v) is 3.02. The van der Waals surface area contributed by atoms with E-state index in [0.717, 1.165) is 18.4 Å². The number of imidazole rings is 1. The number of nitrogens with one attached hydrogen (secondary N) is 1. The lowest BCUT2D eigenvalue weighted by Crippen LogP contribution is -2.20. The summed E-state index contributed by atoms with van der Waals surface area (Å²) in [4.78, 5) is 24.2. The zero-order valence-corrected chi connectivity index (χ0v) is 18.1. The number of fused-ring (bicyclic) bond motifs is 1. The minimum Gasteiger partial charge on any atom is -0.468 e. The molecule has 10 nitrogen and oxygen atoms in total. The van der Waals surface area contributed by atoms with Crippen molar-refractivity contribution in [2.24, 2.45) is 0 Å². The standard InChI is InChI=1S/C21H28N6O4/c1-4-5-11-30-20-25-18(22)17-19(26-20)27(21(24-17)29-3)10-9-23-13-15-7-6-8-16(12-15)31-14(2)28/h6-8,12,23H,4-5,9-11,13H2,1-3H3,(H2,22,25,26). The number of nitrogens with zero attached hydrogens (tertiary/aromatic N) is 4. The summed E-state index contributed by atoms with van der Waals surface area (Å²) < 4.78 is 18.0. The van der Waals surface area contributed by atoms with E-state index in [2.05, 4.69) is 27.2 Å². The maximum absolute atomic E-state index is 11.1. The Labute approximate surface area is 180 Å². The van der Waals surface area contributed by atoms with Crippen LogP contribution in [0.2, 0.25) is 0 Å². The molecule has 0 saturated carbocycles. The Balaban J connectivity index is 1.68. The van der Waals surface area contributed by atoms with Gasteiger partial charge in [-0.2, -0.15) is 15.0 Å². The highest BCUT2D eigenvalue weighted by Gasteiger charge is 2.17. The summed E-state index contributed by atoms with van der Waals surface area (Å²) in [5.74, 6) is 0.434. The van der Waals surface area contributed by atoms with Crippen LogP contribution in [0.4, 0.5) is 5.82 Å². The van der Waals surface area contributed by atoms with E-state index in [1.165, 1.54) is 6.92 Å². The minimum atomic E-state index is -0.344. The van der Waals surface area contributed by atoms with Crippen molar-refractivity contribution in [1.82, 2.24) is 24.8 Å². The van der Waals surface area contributed by atoms with Crippen molar-refractivity contribution in [3.8, 4) is 17.8 Å². The third kappa shape index (κ3) is 5.82. The number of ether oxygens (including phenoxy) is 3. The first-order chi connectivity index (χ1) is 15.0. The van der Waals surface area contributed by atoms with E-state index in [1.54, 1.807) is 13.2 Å². The van der Waals surface area contributed by atoms with Crippen LogP contribution in [0.5, 0.6) is 17.8 Å². The number of carbonyl (C=O) groups is 1. The molecule has 31 heavy (non-hydrogen) atoms. The Morgan fingerprint density at radius 2 is 2.10 bits per heavy atom. The molecule has 2 heterocycles. The second-order valence-electron chi connectivity index (χ2n) is 6.93. The fourth-order valence-electron chi connectivity index (χ4n) is 3.02. The number of hydrogen-bond donors (Lipinski definition) is 2. The Kier molecular flexibility index (Phi) is 7.60.